The first-order valence-corrected chi connectivity index (χ1v) is 15.0. The summed E-state index contributed by atoms with van der Waals surface area (Å²) in [7, 11) is 0. The van der Waals surface area contributed by atoms with E-state index in [1.165, 1.54) is 22.3 Å². The fourth-order valence-electron chi connectivity index (χ4n) is 4.44. The fourth-order valence-corrected chi connectivity index (χ4v) is 4.71. The van der Waals surface area contributed by atoms with Gasteiger partial charge >= 0.3 is 0 Å². The number of rotatable bonds is 7. The van der Waals surface area contributed by atoms with Crippen molar-refractivity contribution in [2.75, 3.05) is 0 Å². The lowest BCUT2D eigenvalue weighted by molar-refractivity contribution is 0.112. The summed E-state index contributed by atoms with van der Waals surface area (Å²) >= 11 is 3.43. The van der Waals surface area contributed by atoms with Gasteiger partial charge in [-0.2, -0.15) is 0 Å². The highest BCUT2D eigenvalue weighted by molar-refractivity contribution is 9.10. The largest absolute Gasteiger partial charge is 0.384 e. The summed E-state index contributed by atoms with van der Waals surface area (Å²) in [6.45, 7) is 0. The number of carbonyl (C=O) groups is 1. The molecule has 6 rings (SSSR count). The van der Waals surface area contributed by atoms with E-state index in [0.29, 0.717) is 0 Å². The highest BCUT2D eigenvalue weighted by Gasteiger charge is 2.09. The van der Waals surface area contributed by atoms with Gasteiger partial charge in [0.15, 0.2) is 0 Å². The molecule has 2 nitrogen and oxygen atoms in total. The Kier molecular flexibility index (Phi) is 12.7. The molecule has 43 heavy (non-hydrogen) atoms. The lowest BCUT2D eigenvalue weighted by Gasteiger charge is -2.12. The molecular weight excluding hydrogens is 592 g/mol. The van der Waals surface area contributed by atoms with Crippen LogP contribution in [0.5, 0.6) is 0 Å². The summed E-state index contributed by atoms with van der Waals surface area (Å²) in [6.07, 6.45) is 2.20. The van der Waals surface area contributed by atoms with Crippen LogP contribution in [0.2, 0.25) is 0 Å². The molecule has 1 atom stereocenters. The van der Waals surface area contributed by atoms with Crippen LogP contribution in [0.4, 0.5) is 0 Å². The minimum atomic E-state index is -0.558. The summed E-state index contributed by atoms with van der Waals surface area (Å²) in [5.74, 6) is 0. The second-order valence-corrected chi connectivity index (χ2v) is 11.0. The first-order valence-electron chi connectivity index (χ1n) is 14.2. The molecule has 0 fully saturated rings. The fraction of sp³-hybridized carbons (Fsp3) is 0.0750. The van der Waals surface area contributed by atoms with Crippen molar-refractivity contribution in [2.45, 2.75) is 18.9 Å². The van der Waals surface area contributed by atoms with Crippen LogP contribution in [-0.4, -0.2) is 11.4 Å². The van der Waals surface area contributed by atoms with E-state index < -0.39 is 6.10 Å². The smallest absolute Gasteiger partial charge is 0.150 e. The number of carbonyl (C=O) groups excluding carboxylic acids is 1. The van der Waals surface area contributed by atoms with Gasteiger partial charge in [-0.15, -0.1) is 0 Å². The van der Waals surface area contributed by atoms with Crippen LogP contribution in [0.25, 0.3) is 0 Å². The van der Waals surface area contributed by atoms with Gasteiger partial charge < -0.3 is 5.11 Å². The molecule has 0 saturated carbocycles. The predicted octanol–water partition coefficient (Wildman–Crippen LogP) is 9.90. The van der Waals surface area contributed by atoms with E-state index in [1.807, 2.05) is 72.8 Å². The topological polar surface area (TPSA) is 37.3 Å². The van der Waals surface area contributed by atoms with E-state index in [4.69, 9.17) is 0 Å². The summed E-state index contributed by atoms with van der Waals surface area (Å²) < 4.78 is 1.13. The maximum absolute atomic E-state index is 10.4. The first kappa shape index (κ1) is 31.4. The molecule has 6 aromatic carbocycles. The van der Waals surface area contributed by atoms with Crippen LogP contribution < -0.4 is 0 Å². The maximum Gasteiger partial charge on any atom is 0.150 e. The molecule has 0 radical (unpaired) electrons. The van der Waals surface area contributed by atoms with Crippen LogP contribution in [0.1, 0.15) is 49.8 Å². The molecular formula is C40H35BrO2. The van der Waals surface area contributed by atoms with E-state index in [-0.39, 0.29) is 0 Å². The average Bonchev–Trinajstić information content (AvgIpc) is 3.08. The molecule has 6 aromatic rings. The maximum atomic E-state index is 10.4. The van der Waals surface area contributed by atoms with Gasteiger partial charge in [-0.25, -0.2) is 0 Å². The normalized spacial score (nSPS) is 10.7. The minimum Gasteiger partial charge on any atom is -0.384 e. The van der Waals surface area contributed by atoms with Crippen LogP contribution in [-0.2, 0) is 12.8 Å². The minimum absolute atomic E-state index is 0.558. The van der Waals surface area contributed by atoms with Gasteiger partial charge in [-0.3, -0.25) is 4.79 Å². The molecule has 0 bridgehead atoms. The third kappa shape index (κ3) is 11.0. The predicted molar refractivity (Wildman–Crippen MR) is 181 cm³/mol. The molecule has 0 aliphatic rings. The third-order valence-electron chi connectivity index (χ3n) is 6.76. The van der Waals surface area contributed by atoms with Crippen molar-refractivity contribution in [3.63, 3.8) is 0 Å². The van der Waals surface area contributed by atoms with Crippen molar-refractivity contribution >= 4 is 22.2 Å². The van der Waals surface area contributed by atoms with E-state index in [0.717, 1.165) is 40.3 Å². The number of halogens is 1. The lowest BCUT2D eigenvalue weighted by Crippen LogP contribution is -1.99. The summed E-state index contributed by atoms with van der Waals surface area (Å²) in [5, 5.41) is 10.4. The molecule has 0 saturated heterocycles. The second-order valence-electron chi connectivity index (χ2n) is 10.0. The quantitative estimate of drug-likeness (QED) is 0.179. The Labute approximate surface area is 263 Å². The zero-order valence-electron chi connectivity index (χ0n) is 24.0. The van der Waals surface area contributed by atoms with Gasteiger partial charge in [0.25, 0.3) is 0 Å². The summed E-state index contributed by atoms with van der Waals surface area (Å²) in [4.78, 5) is 10.0. The van der Waals surface area contributed by atoms with Gasteiger partial charge in [0.05, 0.1) is 0 Å². The molecule has 3 heteroatoms. The Balaban J connectivity index is 0.000000165. The molecule has 0 aliphatic carbocycles. The number of hydrogen-bond acceptors (Lipinski definition) is 2. The number of aldehydes is 1. The van der Waals surface area contributed by atoms with E-state index in [9.17, 15) is 9.90 Å². The highest BCUT2D eigenvalue weighted by Crippen LogP contribution is 2.22. The molecule has 0 aliphatic heterocycles. The van der Waals surface area contributed by atoms with Gasteiger partial charge in [-0.05, 0) is 58.4 Å². The molecule has 0 heterocycles. The van der Waals surface area contributed by atoms with Gasteiger partial charge in [0.1, 0.15) is 12.4 Å². The zero-order valence-corrected chi connectivity index (χ0v) is 25.6. The van der Waals surface area contributed by atoms with Gasteiger partial charge in [-0.1, -0.05) is 174 Å². The Morgan fingerprint density at radius 2 is 0.814 bits per heavy atom. The average molecular weight is 628 g/mol. The molecule has 1 unspecified atom stereocenters. The molecule has 0 aromatic heterocycles. The number of aliphatic hydroxyl groups is 1. The first-order chi connectivity index (χ1) is 21.1. The molecule has 0 amide bonds. The summed E-state index contributed by atoms with van der Waals surface area (Å²) in [6, 6.07) is 56.4. The Morgan fingerprint density at radius 3 is 1.23 bits per heavy atom. The van der Waals surface area contributed by atoms with Crippen molar-refractivity contribution < 1.29 is 9.90 Å². The van der Waals surface area contributed by atoms with Crippen molar-refractivity contribution in [3.8, 4) is 0 Å². The lowest BCUT2D eigenvalue weighted by atomic mass is 9.98. The van der Waals surface area contributed by atoms with E-state index in [1.54, 1.807) is 12.1 Å². The van der Waals surface area contributed by atoms with Crippen LogP contribution >= 0.6 is 15.9 Å². The van der Waals surface area contributed by atoms with Gasteiger partial charge in [0.2, 0.25) is 0 Å². The number of hydrogen-bond donors (Lipinski definition) is 1. The highest BCUT2D eigenvalue weighted by atomic mass is 79.9. The second kappa shape index (κ2) is 17.4. The van der Waals surface area contributed by atoms with Crippen molar-refractivity contribution in [2.24, 2.45) is 0 Å². The standard InChI is InChI=1S/C20H18O.C13H11Br.C7H6O/c21-20(18-9-5-2-6-10-18)19-13-11-17(12-14-19)15-16-7-3-1-4-8-16;14-13-8-6-12(7-9-13)10-11-4-2-1-3-5-11;8-6-7-4-2-1-3-5-7/h1-14,20-21H,15H2;1-9H,10H2;1-6H. The van der Waals surface area contributed by atoms with E-state index >= 15 is 0 Å². The molecule has 214 valence electrons. The van der Waals surface area contributed by atoms with Gasteiger partial charge in [0, 0.05) is 10.0 Å². The van der Waals surface area contributed by atoms with Crippen molar-refractivity contribution in [1.82, 2.24) is 0 Å². The summed E-state index contributed by atoms with van der Waals surface area (Å²) in [5.41, 5.74) is 7.84. The van der Waals surface area contributed by atoms with Crippen LogP contribution in [0.15, 0.2) is 174 Å². The Bertz CT molecular complexity index is 1600. The molecule has 1 N–H and O–H groups in total. The van der Waals surface area contributed by atoms with E-state index in [2.05, 4.69) is 101 Å². The Hall–Kier alpha value is -4.57. The van der Waals surface area contributed by atoms with Crippen LogP contribution in [0.3, 0.4) is 0 Å². The zero-order chi connectivity index (χ0) is 30.1. The number of benzene rings is 6. The monoisotopic (exact) mass is 626 g/mol. The third-order valence-corrected chi connectivity index (χ3v) is 7.29. The SMILES string of the molecule is Brc1ccc(Cc2ccccc2)cc1.O=Cc1ccccc1.OC(c1ccccc1)c1ccc(Cc2ccccc2)cc1. The number of aliphatic hydroxyl groups excluding tert-OH is 1. The van der Waals surface area contributed by atoms with Crippen molar-refractivity contribution in [1.29, 1.82) is 0 Å². The van der Waals surface area contributed by atoms with Crippen LogP contribution in [0, 0.1) is 0 Å². The molecule has 0 spiro atoms. The Morgan fingerprint density at radius 1 is 0.465 bits per heavy atom. The van der Waals surface area contributed by atoms with Crippen molar-refractivity contribution in [3.05, 3.63) is 213 Å².